The molecule has 4 rings (SSSR count). The van der Waals surface area contributed by atoms with Gasteiger partial charge in [0.05, 0.1) is 30.5 Å². The summed E-state index contributed by atoms with van der Waals surface area (Å²) in [5, 5.41) is 17.5. The lowest BCUT2D eigenvalue weighted by molar-refractivity contribution is -0.137. The summed E-state index contributed by atoms with van der Waals surface area (Å²) in [6.45, 7) is 3.71. The van der Waals surface area contributed by atoms with Crippen LogP contribution in [0.4, 0.5) is 13.2 Å². The molecule has 1 aromatic carbocycles. The van der Waals surface area contributed by atoms with E-state index < -0.39 is 17.8 Å². The Kier molecular flexibility index (Phi) is 4.72. The highest BCUT2D eigenvalue weighted by Crippen LogP contribution is 2.33. The number of aromatic nitrogens is 3. The number of aliphatic hydroxyl groups excluding tert-OH is 1. The summed E-state index contributed by atoms with van der Waals surface area (Å²) < 4.78 is 46.1. The van der Waals surface area contributed by atoms with Crippen LogP contribution in [0, 0.1) is 0 Å². The van der Waals surface area contributed by atoms with Gasteiger partial charge < -0.3 is 9.52 Å². The fourth-order valence-electron chi connectivity index (χ4n) is 3.19. The van der Waals surface area contributed by atoms with Crippen molar-refractivity contribution in [1.29, 1.82) is 0 Å². The number of aliphatic hydroxyl groups is 1. The number of hydrogen-bond donors (Lipinski definition) is 1. The number of furan rings is 1. The lowest BCUT2D eigenvalue weighted by Crippen LogP contribution is -2.47. The van der Waals surface area contributed by atoms with Crippen molar-refractivity contribution in [2.24, 2.45) is 0 Å². The third kappa shape index (κ3) is 3.81. The molecule has 1 atom stereocenters. The molecular weight excluding hydrogens is 373 g/mol. The second kappa shape index (κ2) is 7.06. The Morgan fingerprint density at radius 3 is 2.71 bits per heavy atom. The Morgan fingerprint density at radius 1 is 1.25 bits per heavy atom. The topological polar surface area (TPSA) is 67.3 Å². The number of benzene rings is 1. The van der Waals surface area contributed by atoms with E-state index in [2.05, 4.69) is 15.2 Å². The fourth-order valence-corrected chi connectivity index (χ4v) is 3.19. The number of rotatable bonds is 5. The van der Waals surface area contributed by atoms with Crippen LogP contribution in [0.1, 0.15) is 36.1 Å². The van der Waals surface area contributed by atoms with E-state index in [0.717, 1.165) is 25.2 Å². The molecule has 1 aliphatic heterocycles. The first-order valence-corrected chi connectivity index (χ1v) is 8.88. The van der Waals surface area contributed by atoms with Crippen LogP contribution in [0.3, 0.4) is 0 Å². The van der Waals surface area contributed by atoms with Crippen molar-refractivity contribution in [3.05, 3.63) is 59.6 Å². The molecule has 3 aromatic rings. The molecule has 1 aliphatic rings. The quantitative estimate of drug-likeness (QED) is 0.718. The number of nitrogens with zero attached hydrogens (tertiary/aromatic N) is 4. The summed E-state index contributed by atoms with van der Waals surface area (Å²) in [6.07, 6.45) is -3.29. The Bertz CT molecular complexity index is 958. The zero-order valence-corrected chi connectivity index (χ0v) is 15.1. The normalized spacial score (nSPS) is 16.9. The van der Waals surface area contributed by atoms with E-state index in [1.165, 1.54) is 6.07 Å². The monoisotopic (exact) mass is 392 g/mol. The molecule has 1 saturated heterocycles. The average molecular weight is 392 g/mol. The number of hydrogen-bond acceptors (Lipinski definition) is 5. The van der Waals surface area contributed by atoms with Crippen molar-refractivity contribution in [1.82, 2.24) is 19.9 Å². The molecule has 2 aromatic heterocycles. The summed E-state index contributed by atoms with van der Waals surface area (Å²) in [4.78, 5) is 2.14. The molecule has 0 bridgehead atoms. The zero-order chi connectivity index (χ0) is 19.9. The van der Waals surface area contributed by atoms with Gasteiger partial charge in [-0.05, 0) is 31.2 Å². The van der Waals surface area contributed by atoms with Gasteiger partial charge in [-0.2, -0.15) is 13.2 Å². The van der Waals surface area contributed by atoms with E-state index >= 15 is 0 Å². The molecule has 0 amide bonds. The van der Waals surface area contributed by atoms with Crippen LogP contribution in [0.5, 0.6) is 0 Å². The molecule has 1 unspecified atom stereocenters. The van der Waals surface area contributed by atoms with Gasteiger partial charge in [-0.25, -0.2) is 4.68 Å². The molecule has 6 nitrogen and oxygen atoms in total. The highest BCUT2D eigenvalue weighted by molar-refractivity contribution is 5.58. The third-order valence-corrected chi connectivity index (χ3v) is 4.78. The fraction of sp³-hybridized carbons (Fsp3) is 0.368. The van der Waals surface area contributed by atoms with Crippen LogP contribution in [0.25, 0.3) is 11.3 Å². The molecule has 28 heavy (non-hydrogen) atoms. The van der Waals surface area contributed by atoms with Gasteiger partial charge in [0.1, 0.15) is 17.2 Å². The number of likely N-dealkylation sites (tertiary alicyclic amines) is 1. The van der Waals surface area contributed by atoms with E-state index in [-0.39, 0.29) is 6.04 Å². The summed E-state index contributed by atoms with van der Waals surface area (Å²) >= 11 is 0. The Morgan fingerprint density at radius 2 is 2.04 bits per heavy atom. The van der Waals surface area contributed by atoms with Gasteiger partial charge in [0, 0.05) is 18.7 Å². The first-order chi connectivity index (χ1) is 13.3. The van der Waals surface area contributed by atoms with Crippen molar-refractivity contribution >= 4 is 0 Å². The van der Waals surface area contributed by atoms with Crippen LogP contribution in [-0.4, -0.2) is 38.1 Å². The predicted molar refractivity (Wildman–Crippen MR) is 94.1 cm³/mol. The Balaban J connectivity index is 1.37. The van der Waals surface area contributed by atoms with Crippen LogP contribution in [-0.2, 0) is 12.7 Å². The maximum atomic E-state index is 12.9. The average Bonchev–Trinajstić information content (AvgIpc) is 3.27. The van der Waals surface area contributed by atoms with Crippen molar-refractivity contribution in [3.8, 4) is 11.3 Å². The molecule has 1 fully saturated rings. The van der Waals surface area contributed by atoms with Crippen LogP contribution < -0.4 is 0 Å². The molecular formula is C19H19F3N4O2. The summed E-state index contributed by atoms with van der Waals surface area (Å²) in [6, 6.07) is 8.76. The van der Waals surface area contributed by atoms with Gasteiger partial charge in [0.2, 0.25) is 0 Å². The molecule has 9 heteroatoms. The minimum absolute atomic E-state index is 0.179. The van der Waals surface area contributed by atoms with Gasteiger partial charge >= 0.3 is 6.18 Å². The third-order valence-electron chi connectivity index (χ3n) is 4.78. The van der Waals surface area contributed by atoms with Crippen molar-refractivity contribution in [2.75, 3.05) is 13.1 Å². The van der Waals surface area contributed by atoms with Crippen molar-refractivity contribution < 1.29 is 22.7 Å². The molecule has 0 radical (unpaired) electrons. The SMILES string of the molecule is CC(O)c1cn(C2CN(Cc3ccc(-c4cccc(C(F)(F)F)c4)o3)C2)nn1. The van der Waals surface area contributed by atoms with Crippen LogP contribution in [0.2, 0.25) is 0 Å². The molecule has 148 valence electrons. The largest absolute Gasteiger partial charge is 0.460 e. The lowest BCUT2D eigenvalue weighted by atomic mass is 10.1. The van der Waals surface area contributed by atoms with E-state index in [0.29, 0.717) is 29.3 Å². The van der Waals surface area contributed by atoms with Crippen molar-refractivity contribution in [2.45, 2.75) is 31.8 Å². The van der Waals surface area contributed by atoms with Crippen LogP contribution >= 0.6 is 0 Å². The van der Waals surface area contributed by atoms with E-state index in [1.807, 2.05) is 0 Å². The second-order valence-electron chi connectivity index (χ2n) is 6.99. The summed E-state index contributed by atoms with van der Waals surface area (Å²) in [7, 11) is 0. The van der Waals surface area contributed by atoms with Gasteiger partial charge in [0.25, 0.3) is 0 Å². The molecule has 0 aliphatic carbocycles. The second-order valence-corrected chi connectivity index (χ2v) is 6.99. The number of alkyl halides is 3. The van der Waals surface area contributed by atoms with Crippen LogP contribution in [0.15, 0.2) is 47.0 Å². The maximum absolute atomic E-state index is 12.9. The Hall–Kier alpha value is -2.65. The minimum Gasteiger partial charge on any atom is -0.460 e. The van der Waals surface area contributed by atoms with Gasteiger partial charge in [0.15, 0.2) is 0 Å². The highest BCUT2D eigenvalue weighted by Gasteiger charge is 2.31. The predicted octanol–water partition coefficient (Wildman–Crippen LogP) is 3.67. The molecule has 0 spiro atoms. The summed E-state index contributed by atoms with van der Waals surface area (Å²) in [5.41, 5.74) is 0.240. The maximum Gasteiger partial charge on any atom is 0.416 e. The molecule has 1 N–H and O–H groups in total. The van der Waals surface area contributed by atoms with E-state index in [1.54, 1.807) is 36.0 Å². The lowest BCUT2D eigenvalue weighted by Gasteiger charge is -2.38. The van der Waals surface area contributed by atoms with Gasteiger partial charge in [-0.15, -0.1) is 5.10 Å². The van der Waals surface area contributed by atoms with Gasteiger partial charge in [-0.3, -0.25) is 4.90 Å². The zero-order valence-electron chi connectivity index (χ0n) is 15.1. The molecule has 0 saturated carbocycles. The number of halogens is 3. The molecule has 3 heterocycles. The Labute approximate surface area is 159 Å². The smallest absolute Gasteiger partial charge is 0.416 e. The van der Waals surface area contributed by atoms with Crippen molar-refractivity contribution in [3.63, 3.8) is 0 Å². The minimum atomic E-state index is -4.38. The summed E-state index contributed by atoms with van der Waals surface area (Å²) in [5.74, 6) is 1.10. The standard InChI is InChI=1S/C19H19F3N4O2/c1-12(27)17-11-26(24-23-17)15-8-25(9-15)10-16-5-6-18(28-16)13-3-2-4-14(7-13)19(20,21)22/h2-7,11-12,15,27H,8-10H2,1H3. The van der Waals surface area contributed by atoms with E-state index in [9.17, 15) is 18.3 Å². The first kappa shape index (κ1) is 18.7. The van der Waals surface area contributed by atoms with E-state index in [4.69, 9.17) is 4.42 Å². The first-order valence-electron chi connectivity index (χ1n) is 8.88. The highest BCUT2D eigenvalue weighted by atomic mass is 19.4. The van der Waals surface area contributed by atoms with Gasteiger partial charge in [-0.1, -0.05) is 17.3 Å².